The first-order valence-electron chi connectivity index (χ1n) is 7.22. The lowest BCUT2D eigenvalue weighted by atomic mass is 10.2. The van der Waals surface area contributed by atoms with E-state index in [9.17, 15) is 14.9 Å². The summed E-state index contributed by atoms with van der Waals surface area (Å²) in [5.74, 6) is -0.331. The molecule has 0 fully saturated rings. The molecule has 0 aromatic heterocycles. The fourth-order valence-electron chi connectivity index (χ4n) is 2.13. The molecule has 0 spiro atoms. The first-order chi connectivity index (χ1) is 12.0. The number of hydrogen-bond donors (Lipinski definition) is 0. The van der Waals surface area contributed by atoms with Crippen LogP contribution in [0.15, 0.2) is 65.3 Å². The maximum atomic E-state index is 11.9. The van der Waals surface area contributed by atoms with Gasteiger partial charge in [-0.3, -0.25) is 10.1 Å². The third-order valence-electron chi connectivity index (χ3n) is 3.31. The number of ether oxygens (including phenoxy) is 1. The summed E-state index contributed by atoms with van der Waals surface area (Å²) in [5.41, 5.74) is 1.84. The molecule has 1 aliphatic rings. The van der Waals surface area contributed by atoms with Crippen LogP contribution in [0.2, 0.25) is 0 Å². The largest absolute Gasteiger partial charge is 0.403 e. The van der Waals surface area contributed by atoms with Gasteiger partial charge in [0.15, 0.2) is 5.70 Å². The second kappa shape index (κ2) is 7.39. The SMILES string of the molecule is O=C1OC(C=Cc2ccc([N+](=O)[O-])cc2)=NC1=Cc1cccc(I)c1. The van der Waals surface area contributed by atoms with E-state index in [1.165, 1.54) is 12.1 Å². The zero-order valence-electron chi connectivity index (χ0n) is 12.8. The van der Waals surface area contributed by atoms with Crippen LogP contribution in [0.5, 0.6) is 0 Å². The van der Waals surface area contributed by atoms with Crippen molar-refractivity contribution in [2.75, 3.05) is 0 Å². The standard InChI is InChI=1S/C18H11IN2O4/c19-14-3-1-2-13(10-14)11-16-18(22)25-17(20-16)9-6-12-4-7-15(8-5-12)21(23)24/h1-11H. The van der Waals surface area contributed by atoms with Gasteiger partial charge in [0.25, 0.3) is 5.69 Å². The molecule has 1 heterocycles. The van der Waals surface area contributed by atoms with E-state index in [1.54, 1.807) is 30.4 Å². The number of carbonyl (C=O) groups excluding carboxylic acids is 1. The maximum absolute atomic E-state index is 11.9. The topological polar surface area (TPSA) is 81.8 Å². The molecular formula is C18H11IN2O4. The van der Waals surface area contributed by atoms with Gasteiger partial charge in [0.05, 0.1) is 4.92 Å². The van der Waals surface area contributed by atoms with Gasteiger partial charge in [-0.25, -0.2) is 9.79 Å². The van der Waals surface area contributed by atoms with E-state index in [4.69, 9.17) is 4.74 Å². The molecular weight excluding hydrogens is 435 g/mol. The zero-order valence-corrected chi connectivity index (χ0v) is 14.9. The number of carbonyl (C=O) groups is 1. The van der Waals surface area contributed by atoms with Gasteiger partial charge in [0.2, 0.25) is 5.90 Å². The number of benzene rings is 2. The molecule has 0 N–H and O–H groups in total. The summed E-state index contributed by atoms with van der Waals surface area (Å²) in [6, 6.07) is 13.7. The fraction of sp³-hybridized carbons (Fsp3) is 0. The lowest BCUT2D eigenvalue weighted by Crippen LogP contribution is -2.01. The van der Waals surface area contributed by atoms with Gasteiger partial charge in [-0.05, 0) is 70.1 Å². The Morgan fingerprint density at radius 2 is 1.84 bits per heavy atom. The highest BCUT2D eigenvalue weighted by atomic mass is 127. The molecule has 0 bridgehead atoms. The van der Waals surface area contributed by atoms with E-state index in [2.05, 4.69) is 27.6 Å². The summed E-state index contributed by atoms with van der Waals surface area (Å²) in [6.45, 7) is 0. The Morgan fingerprint density at radius 1 is 1.08 bits per heavy atom. The minimum absolute atomic E-state index is 0.0181. The summed E-state index contributed by atoms with van der Waals surface area (Å²) in [7, 11) is 0. The van der Waals surface area contributed by atoms with Crippen molar-refractivity contribution in [1.82, 2.24) is 0 Å². The fourth-order valence-corrected chi connectivity index (χ4v) is 2.69. The normalized spacial score (nSPS) is 15.5. The van der Waals surface area contributed by atoms with Crippen molar-refractivity contribution in [3.05, 3.63) is 85.1 Å². The lowest BCUT2D eigenvalue weighted by molar-refractivity contribution is -0.384. The van der Waals surface area contributed by atoms with E-state index in [1.807, 2.05) is 24.3 Å². The van der Waals surface area contributed by atoms with Crippen LogP contribution < -0.4 is 0 Å². The number of rotatable bonds is 4. The molecule has 0 amide bonds. The molecule has 2 aromatic carbocycles. The van der Waals surface area contributed by atoms with E-state index in [-0.39, 0.29) is 17.3 Å². The third kappa shape index (κ3) is 4.38. The highest BCUT2D eigenvalue weighted by Crippen LogP contribution is 2.18. The van der Waals surface area contributed by atoms with Crippen molar-refractivity contribution in [1.29, 1.82) is 0 Å². The molecule has 0 saturated heterocycles. The summed E-state index contributed by atoms with van der Waals surface area (Å²) >= 11 is 2.19. The average molecular weight is 446 g/mol. The maximum Gasteiger partial charge on any atom is 0.363 e. The molecule has 0 atom stereocenters. The van der Waals surface area contributed by atoms with Crippen molar-refractivity contribution < 1.29 is 14.5 Å². The Kier molecular flexibility index (Phi) is 5.03. The van der Waals surface area contributed by atoms with Crippen LogP contribution in [-0.4, -0.2) is 16.8 Å². The Morgan fingerprint density at radius 3 is 2.52 bits per heavy atom. The Labute approximate surface area is 156 Å². The molecule has 0 saturated carbocycles. The van der Waals surface area contributed by atoms with E-state index >= 15 is 0 Å². The summed E-state index contributed by atoms with van der Waals surface area (Å²) in [5, 5.41) is 10.6. The highest BCUT2D eigenvalue weighted by Gasteiger charge is 2.21. The van der Waals surface area contributed by atoms with Crippen LogP contribution in [0.25, 0.3) is 12.2 Å². The summed E-state index contributed by atoms with van der Waals surface area (Å²) in [6.07, 6.45) is 4.89. The van der Waals surface area contributed by atoms with Crippen molar-refractivity contribution >= 4 is 52.3 Å². The van der Waals surface area contributed by atoms with Gasteiger partial charge < -0.3 is 4.74 Å². The van der Waals surface area contributed by atoms with Gasteiger partial charge in [0.1, 0.15) is 0 Å². The number of nitro groups is 1. The Hall–Kier alpha value is -2.81. The molecule has 0 radical (unpaired) electrons. The van der Waals surface area contributed by atoms with Crippen molar-refractivity contribution in [3.63, 3.8) is 0 Å². The van der Waals surface area contributed by atoms with E-state index in [0.717, 1.165) is 14.7 Å². The molecule has 2 aromatic rings. The quantitative estimate of drug-likeness (QED) is 0.232. The number of aliphatic imine (C=N–C) groups is 1. The highest BCUT2D eigenvalue weighted by molar-refractivity contribution is 14.1. The predicted molar refractivity (Wildman–Crippen MR) is 103 cm³/mol. The first kappa shape index (κ1) is 17.0. The third-order valence-corrected chi connectivity index (χ3v) is 3.98. The number of nitro benzene ring substituents is 1. The molecule has 6 nitrogen and oxygen atoms in total. The predicted octanol–water partition coefficient (Wildman–Crippen LogP) is 4.21. The number of nitrogens with zero attached hydrogens (tertiary/aromatic N) is 2. The Balaban J connectivity index is 1.77. The smallest absolute Gasteiger partial charge is 0.363 e. The minimum Gasteiger partial charge on any atom is -0.403 e. The summed E-state index contributed by atoms with van der Waals surface area (Å²) < 4.78 is 6.16. The van der Waals surface area contributed by atoms with Crippen LogP contribution in [0.3, 0.4) is 0 Å². The van der Waals surface area contributed by atoms with Crippen molar-refractivity contribution in [2.45, 2.75) is 0 Å². The van der Waals surface area contributed by atoms with Gasteiger partial charge in [-0.15, -0.1) is 0 Å². The van der Waals surface area contributed by atoms with Gasteiger partial charge in [-0.1, -0.05) is 12.1 Å². The number of halogens is 1. The monoisotopic (exact) mass is 446 g/mol. The molecule has 0 aliphatic carbocycles. The second-order valence-electron chi connectivity index (χ2n) is 5.11. The van der Waals surface area contributed by atoms with Crippen LogP contribution in [0, 0.1) is 13.7 Å². The molecule has 0 unspecified atom stereocenters. The van der Waals surface area contributed by atoms with Crippen LogP contribution in [0.4, 0.5) is 5.69 Å². The molecule has 7 heteroatoms. The molecule has 1 aliphatic heterocycles. The molecule has 124 valence electrons. The number of non-ortho nitro benzene ring substituents is 1. The molecule has 3 rings (SSSR count). The number of hydrogen-bond acceptors (Lipinski definition) is 5. The van der Waals surface area contributed by atoms with Gasteiger partial charge in [-0.2, -0.15) is 0 Å². The van der Waals surface area contributed by atoms with Gasteiger partial charge in [0, 0.05) is 21.8 Å². The van der Waals surface area contributed by atoms with E-state index in [0.29, 0.717) is 0 Å². The molecule has 25 heavy (non-hydrogen) atoms. The van der Waals surface area contributed by atoms with Crippen LogP contribution in [0.1, 0.15) is 11.1 Å². The minimum atomic E-state index is -0.512. The number of esters is 1. The van der Waals surface area contributed by atoms with Crippen LogP contribution >= 0.6 is 22.6 Å². The number of cyclic esters (lactones) is 1. The van der Waals surface area contributed by atoms with Gasteiger partial charge >= 0.3 is 5.97 Å². The van der Waals surface area contributed by atoms with Crippen LogP contribution in [-0.2, 0) is 9.53 Å². The lowest BCUT2D eigenvalue weighted by Gasteiger charge is -1.95. The van der Waals surface area contributed by atoms with Crippen molar-refractivity contribution in [3.8, 4) is 0 Å². The Bertz CT molecular complexity index is 930. The zero-order chi connectivity index (χ0) is 17.8. The van der Waals surface area contributed by atoms with E-state index < -0.39 is 10.9 Å². The summed E-state index contributed by atoms with van der Waals surface area (Å²) in [4.78, 5) is 26.2. The first-order valence-corrected chi connectivity index (χ1v) is 8.30. The average Bonchev–Trinajstić information content (AvgIpc) is 2.93. The van der Waals surface area contributed by atoms with Crippen molar-refractivity contribution in [2.24, 2.45) is 4.99 Å². The second-order valence-corrected chi connectivity index (χ2v) is 6.35.